The Labute approximate surface area is 234 Å². The van der Waals surface area contributed by atoms with Gasteiger partial charge in [-0.2, -0.15) is 18.3 Å². The Kier molecular flexibility index (Phi) is 8.73. The maximum atomic E-state index is 12.8. The summed E-state index contributed by atoms with van der Waals surface area (Å²) in [5.41, 5.74) is -1.32. The Balaban J connectivity index is 0.000000238. The zero-order valence-electron chi connectivity index (χ0n) is 22.2. The van der Waals surface area contributed by atoms with Gasteiger partial charge in [0.25, 0.3) is 5.91 Å². The fourth-order valence-electron chi connectivity index (χ4n) is 3.84. The molecule has 2 aromatic carbocycles. The van der Waals surface area contributed by atoms with Gasteiger partial charge in [-0.05, 0) is 50.6 Å². The third-order valence-electron chi connectivity index (χ3n) is 6.03. The summed E-state index contributed by atoms with van der Waals surface area (Å²) in [6.45, 7) is 6.00. The van der Waals surface area contributed by atoms with Gasteiger partial charge in [-0.3, -0.25) is 14.4 Å². The lowest BCUT2D eigenvalue weighted by atomic mass is 9.95. The normalized spacial score (nSPS) is 15.1. The molecule has 1 saturated heterocycles. The molecule has 0 aliphatic carbocycles. The standard InChI is InChI=1S/C14H13F3N2O4S.C12H14ClNO2/c1-7-11(13(21)19(2)18-7)12(20)9-5-4-8(14(15,16)17)6-10(9)24(3,22)23;1-12(2)8-16-14(11(12)15)7-9-5-3-4-6-10(9)13/h4-6,21H,1-3H3;3-6H,7-8H2,1-2H3. The van der Waals surface area contributed by atoms with E-state index in [0.717, 1.165) is 16.3 Å². The number of ketones is 1. The minimum atomic E-state index is -4.76. The smallest absolute Gasteiger partial charge is 0.416 e. The molecule has 0 unspecified atom stereocenters. The molecule has 1 aliphatic rings. The molecule has 0 atom stereocenters. The molecule has 2 heterocycles. The van der Waals surface area contributed by atoms with Crippen molar-refractivity contribution in [1.82, 2.24) is 14.8 Å². The van der Waals surface area contributed by atoms with E-state index >= 15 is 0 Å². The van der Waals surface area contributed by atoms with E-state index in [2.05, 4.69) is 5.10 Å². The predicted molar refractivity (Wildman–Crippen MR) is 139 cm³/mol. The van der Waals surface area contributed by atoms with Crippen LogP contribution in [0.15, 0.2) is 47.4 Å². The van der Waals surface area contributed by atoms with Crippen molar-refractivity contribution in [2.45, 2.75) is 38.4 Å². The summed E-state index contributed by atoms with van der Waals surface area (Å²) in [6, 6.07) is 9.27. The zero-order valence-corrected chi connectivity index (χ0v) is 23.8. The number of carbonyl (C=O) groups excluding carboxylic acids is 2. The summed E-state index contributed by atoms with van der Waals surface area (Å²) in [7, 11) is -2.75. The molecule has 1 N–H and O–H groups in total. The number of benzene rings is 2. The fraction of sp³-hybridized carbons (Fsp3) is 0.346. The van der Waals surface area contributed by atoms with Crippen LogP contribution < -0.4 is 0 Å². The molecular weight excluding hydrogens is 575 g/mol. The van der Waals surface area contributed by atoms with Crippen LogP contribution in [-0.4, -0.2) is 52.9 Å². The highest BCUT2D eigenvalue weighted by atomic mass is 35.5. The van der Waals surface area contributed by atoms with Gasteiger partial charge in [0.1, 0.15) is 5.56 Å². The van der Waals surface area contributed by atoms with Gasteiger partial charge in [-0.15, -0.1) is 0 Å². The number of rotatable bonds is 5. The number of carbonyl (C=O) groups is 2. The van der Waals surface area contributed by atoms with Crippen LogP contribution in [0.1, 0.15) is 46.6 Å². The van der Waals surface area contributed by atoms with Gasteiger partial charge in [-0.25, -0.2) is 18.2 Å². The first kappa shape index (κ1) is 31.1. The summed E-state index contributed by atoms with van der Waals surface area (Å²) in [6.07, 6.45) is -4.05. The van der Waals surface area contributed by atoms with E-state index in [1.54, 1.807) is 0 Å². The number of aryl methyl sites for hydroxylation is 2. The second-order valence-electron chi connectivity index (χ2n) is 9.81. The molecule has 40 heavy (non-hydrogen) atoms. The Bertz CT molecular complexity index is 1570. The number of sulfone groups is 1. The molecule has 1 fully saturated rings. The van der Waals surface area contributed by atoms with Crippen LogP contribution in [0.2, 0.25) is 5.02 Å². The Hall–Kier alpha value is -3.42. The minimum absolute atomic E-state index is 0.00687. The van der Waals surface area contributed by atoms with E-state index in [0.29, 0.717) is 36.6 Å². The molecule has 4 rings (SSSR count). The van der Waals surface area contributed by atoms with E-state index in [-0.39, 0.29) is 17.2 Å². The van der Waals surface area contributed by atoms with E-state index in [4.69, 9.17) is 16.4 Å². The highest BCUT2D eigenvalue weighted by Gasteiger charge is 2.40. The van der Waals surface area contributed by atoms with Crippen molar-refractivity contribution in [3.8, 4) is 5.88 Å². The van der Waals surface area contributed by atoms with Crippen molar-refractivity contribution in [2.24, 2.45) is 12.5 Å². The summed E-state index contributed by atoms with van der Waals surface area (Å²) in [5, 5.41) is 15.7. The van der Waals surface area contributed by atoms with Gasteiger partial charge < -0.3 is 5.11 Å². The molecular formula is C26H27ClF3N3O6S. The van der Waals surface area contributed by atoms with Gasteiger partial charge in [0.05, 0.1) is 34.7 Å². The van der Waals surface area contributed by atoms with Crippen LogP contribution in [0.3, 0.4) is 0 Å². The Morgan fingerprint density at radius 3 is 2.30 bits per heavy atom. The maximum absolute atomic E-state index is 12.8. The van der Waals surface area contributed by atoms with E-state index < -0.39 is 49.1 Å². The lowest BCUT2D eigenvalue weighted by Gasteiger charge is -2.16. The second-order valence-corrected chi connectivity index (χ2v) is 12.2. The number of hydroxylamine groups is 2. The molecule has 3 aromatic rings. The average molecular weight is 602 g/mol. The SMILES string of the molecule is CC1(C)CON(Cc2ccccc2Cl)C1=O.Cc1nn(C)c(O)c1C(=O)c1ccc(C(F)(F)F)cc1S(C)(=O)=O. The van der Waals surface area contributed by atoms with Crippen LogP contribution in [0.4, 0.5) is 13.2 Å². The van der Waals surface area contributed by atoms with Crippen molar-refractivity contribution in [3.63, 3.8) is 0 Å². The number of nitrogens with zero attached hydrogens (tertiary/aromatic N) is 3. The number of alkyl halides is 3. The number of halogens is 4. The van der Waals surface area contributed by atoms with Crippen molar-refractivity contribution >= 4 is 33.1 Å². The number of aromatic hydroxyl groups is 1. The summed E-state index contributed by atoms with van der Waals surface area (Å²) < 4.78 is 63.1. The van der Waals surface area contributed by atoms with Crippen LogP contribution in [0, 0.1) is 12.3 Å². The average Bonchev–Trinajstić information content (AvgIpc) is 3.26. The largest absolute Gasteiger partial charge is 0.493 e. The van der Waals surface area contributed by atoms with Crippen molar-refractivity contribution < 1.29 is 41.1 Å². The summed E-state index contributed by atoms with van der Waals surface area (Å²) >= 11 is 6.03. The van der Waals surface area contributed by atoms with Crippen LogP contribution >= 0.6 is 11.6 Å². The number of aromatic nitrogens is 2. The molecule has 1 amide bonds. The third kappa shape index (κ3) is 6.65. The van der Waals surface area contributed by atoms with Crippen molar-refractivity contribution in [1.29, 1.82) is 0 Å². The number of hydrogen-bond donors (Lipinski definition) is 1. The van der Waals surface area contributed by atoms with Gasteiger partial charge >= 0.3 is 6.18 Å². The zero-order chi connectivity index (χ0) is 30.2. The third-order valence-corrected chi connectivity index (χ3v) is 7.54. The molecule has 1 aromatic heterocycles. The van der Waals surface area contributed by atoms with E-state index in [1.807, 2.05) is 38.1 Å². The highest BCUT2D eigenvalue weighted by molar-refractivity contribution is 7.90. The predicted octanol–water partition coefficient (Wildman–Crippen LogP) is 4.73. The fourth-order valence-corrected chi connectivity index (χ4v) is 4.93. The lowest BCUT2D eigenvalue weighted by molar-refractivity contribution is -0.165. The van der Waals surface area contributed by atoms with Crippen molar-refractivity contribution in [2.75, 3.05) is 12.9 Å². The topological polar surface area (TPSA) is 119 Å². The van der Waals surface area contributed by atoms with Crippen LogP contribution in [0.25, 0.3) is 0 Å². The van der Waals surface area contributed by atoms with Crippen LogP contribution in [-0.2, 0) is 39.2 Å². The summed E-state index contributed by atoms with van der Waals surface area (Å²) in [4.78, 5) is 29.1. The maximum Gasteiger partial charge on any atom is 0.416 e. The van der Waals surface area contributed by atoms with Crippen molar-refractivity contribution in [3.05, 3.63) is 75.4 Å². The van der Waals surface area contributed by atoms with Gasteiger partial charge in [0.15, 0.2) is 9.84 Å². The van der Waals surface area contributed by atoms with E-state index in [1.165, 1.54) is 19.0 Å². The molecule has 0 bridgehead atoms. The molecule has 0 radical (unpaired) electrons. The quantitative estimate of drug-likeness (QED) is 0.420. The Morgan fingerprint density at radius 1 is 1.20 bits per heavy atom. The molecule has 1 aliphatic heterocycles. The molecule has 9 nitrogen and oxygen atoms in total. The van der Waals surface area contributed by atoms with E-state index in [9.17, 15) is 36.3 Å². The molecule has 0 saturated carbocycles. The summed E-state index contributed by atoms with van der Waals surface area (Å²) in [5.74, 6) is -1.42. The van der Waals surface area contributed by atoms with Crippen LogP contribution in [0.5, 0.6) is 5.88 Å². The van der Waals surface area contributed by atoms with Gasteiger partial charge in [0, 0.05) is 23.9 Å². The molecule has 14 heteroatoms. The first-order valence-electron chi connectivity index (χ1n) is 11.7. The number of amides is 1. The monoisotopic (exact) mass is 601 g/mol. The van der Waals surface area contributed by atoms with Gasteiger partial charge in [0.2, 0.25) is 11.7 Å². The second kappa shape index (κ2) is 11.2. The number of hydrogen-bond acceptors (Lipinski definition) is 7. The Morgan fingerprint density at radius 2 is 1.82 bits per heavy atom. The highest BCUT2D eigenvalue weighted by Crippen LogP contribution is 2.34. The first-order chi connectivity index (χ1) is 18.3. The molecule has 0 spiro atoms. The first-order valence-corrected chi connectivity index (χ1v) is 14.0. The lowest BCUT2D eigenvalue weighted by Crippen LogP contribution is -2.30. The van der Waals surface area contributed by atoms with Gasteiger partial charge in [-0.1, -0.05) is 29.8 Å². The molecule has 216 valence electrons. The minimum Gasteiger partial charge on any atom is -0.493 e.